The number of aliphatic carboxylic acids is 1. The molecule has 1 aromatic heterocycles. The van der Waals surface area contributed by atoms with E-state index in [1.165, 1.54) is 5.39 Å². The van der Waals surface area contributed by atoms with E-state index in [0.717, 1.165) is 23.4 Å². The van der Waals surface area contributed by atoms with Gasteiger partial charge in [-0.05, 0) is 37.8 Å². The zero-order valence-electron chi connectivity index (χ0n) is 11.1. The summed E-state index contributed by atoms with van der Waals surface area (Å²) >= 11 is 1.71. The van der Waals surface area contributed by atoms with Gasteiger partial charge in [-0.3, -0.25) is 4.79 Å². The average molecular weight is 290 g/mol. The van der Waals surface area contributed by atoms with Crippen molar-refractivity contribution in [2.75, 3.05) is 0 Å². The molecular weight excluding hydrogens is 272 g/mol. The first-order valence-corrected chi connectivity index (χ1v) is 7.71. The summed E-state index contributed by atoms with van der Waals surface area (Å²) in [6, 6.07) is 10.3. The molecule has 1 fully saturated rings. The number of thioether (sulfide) groups is 1. The second kappa shape index (κ2) is 5.14. The van der Waals surface area contributed by atoms with Crippen molar-refractivity contribution in [3.63, 3.8) is 0 Å². The molecule has 106 valence electrons. The lowest BCUT2D eigenvalue weighted by molar-refractivity contribution is -0.144. The largest absolute Gasteiger partial charge is 0.480 e. The van der Waals surface area contributed by atoms with Gasteiger partial charge in [-0.25, -0.2) is 0 Å². The van der Waals surface area contributed by atoms with Gasteiger partial charge in [0, 0.05) is 16.2 Å². The van der Waals surface area contributed by atoms with Gasteiger partial charge >= 0.3 is 5.97 Å². The summed E-state index contributed by atoms with van der Waals surface area (Å²) in [5.74, 6) is -0.876. The first-order chi connectivity index (χ1) is 9.57. The molecular formula is C15H18N2O2S. The van der Waals surface area contributed by atoms with Crippen LogP contribution in [0.2, 0.25) is 0 Å². The van der Waals surface area contributed by atoms with Crippen LogP contribution in [0.25, 0.3) is 10.9 Å². The lowest BCUT2D eigenvalue weighted by Crippen LogP contribution is -2.51. The van der Waals surface area contributed by atoms with Gasteiger partial charge in [-0.15, -0.1) is 11.8 Å². The van der Waals surface area contributed by atoms with E-state index in [4.69, 9.17) is 5.73 Å². The Bertz CT molecular complexity index is 607. The van der Waals surface area contributed by atoms with Crippen LogP contribution in [0.15, 0.2) is 35.4 Å². The van der Waals surface area contributed by atoms with E-state index in [1.807, 2.05) is 18.2 Å². The van der Waals surface area contributed by atoms with Gasteiger partial charge in [0.25, 0.3) is 0 Å². The highest BCUT2D eigenvalue weighted by Gasteiger charge is 2.39. The Morgan fingerprint density at radius 1 is 1.45 bits per heavy atom. The zero-order valence-corrected chi connectivity index (χ0v) is 12.0. The van der Waals surface area contributed by atoms with Crippen molar-refractivity contribution in [1.82, 2.24) is 4.98 Å². The predicted octanol–water partition coefficient (Wildman–Crippen LogP) is 2.98. The van der Waals surface area contributed by atoms with Crippen LogP contribution in [0.4, 0.5) is 0 Å². The van der Waals surface area contributed by atoms with Crippen LogP contribution in [0.3, 0.4) is 0 Å². The highest BCUT2D eigenvalue weighted by atomic mass is 32.2. The Morgan fingerprint density at radius 3 is 3.00 bits per heavy atom. The molecule has 0 radical (unpaired) electrons. The summed E-state index contributed by atoms with van der Waals surface area (Å²) in [6.45, 7) is 0. The van der Waals surface area contributed by atoms with Crippen molar-refractivity contribution in [3.05, 3.63) is 30.3 Å². The smallest absolute Gasteiger partial charge is 0.323 e. The maximum Gasteiger partial charge on any atom is 0.323 e. The molecule has 4 nitrogen and oxygen atoms in total. The minimum atomic E-state index is -1.05. The summed E-state index contributed by atoms with van der Waals surface area (Å²) in [7, 11) is 0. The highest BCUT2D eigenvalue weighted by molar-refractivity contribution is 7.99. The molecule has 0 bridgehead atoms. The van der Waals surface area contributed by atoms with Crippen molar-refractivity contribution >= 4 is 28.6 Å². The van der Waals surface area contributed by atoms with Gasteiger partial charge in [0.05, 0.1) is 5.03 Å². The van der Waals surface area contributed by atoms with Gasteiger partial charge in [0.15, 0.2) is 0 Å². The second-order valence-electron chi connectivity index (χ2n) is 5.52. The molecule has 0 amide bonds. The number of carbonyl (C=O) groups is 1. The van der Waals surface area contributed by atoms with E-state index in [0.29, 0.717) is 12.8 Å². The fourth-order valence-corrected chi connectivity index (χ4v) is 4.23. The van der Waals surface area contributed by atoms with Gasteiger partial charge in [-0.1, -0.05) is 18.2 Å². The van der Waals surface area contributed by atoms with Crippen molar-refractivity contribution in [3.8, 4) is 0 Å². The predicted molar refractivity (Wildman–Crippen MR) is 81.0 cm³/mol. The molecule has 1 aliphatic carbocycles. The Kier molecular flexibility index (Phi) is 3.48. The van der Waals surface area contributed by atoms with Crippen LogP contribution < -0.4 is 5.73 Å². The minimum Gasteiger partial charge on any atom is -0.480 e. The third-order valence-corrected chi connectivity index (χ3v) is 5.18. The van der Waals surface area contributed by atoms with E-state index in [2.05, 4.69) is 17.1 Å². The first-order valence-electron chi connectivity index (χ1n) is 6.83. The fourth-order valence-electron chi connectivity index (χ4n) is 2.84. The molecule has 2 atom stereocenters. The monoisotopic (exact) mass is 290 g/mol. The van der Waals surface area contributed by atoms with Crippen LogP contribution >= 0.6 is 11.8 Å². The number of aromatic nitrogens is 1. The van der Waals surface area contributed by atoms with E-state index < -0.39 is 11.5 Å². The molecule has 1 aromatic carbocycles. The van der Waals surface area contributed by atoms with Crippen LogP contribution in [0.5, 0.6) is 0 Å². The van der Waals surface area contributed by atoms with E-state index in [1.54, 1.807) is 11.8 Å². The molecule has 2 aromatic rings. The number of fused-ring (bicyclic) bond motifs is 1. The van der Waals surface area contributed by atoms with Gasteiger partial charge in [0.1, 0.15) is 5.54 Å². The average Bonchev–Trinajstić information content (AvgIpc) is 2.80. The summed E-state index contributed by atoms with van der Waals surface area (Å²) in [5.41, 5.74) is 6.06. The van der Waals surface area contributed by atoms with Gasteiger partial charge in [-0.2, -0.15) is 0 Å². The number of nitrogens with one attached hydrogen (secondary N) is 1. The van der Waals surface area contributed by atoms with Crippen molar-refractivity contribution in [2.24, 2.45) is 5.73 Å². The number of carboxylic acids is 1. The Balaban J connectivity index is 1.75. The van der Waals surface area contributed by atoms with E-state index >= 15 is 0 Å². The lowest BCUT2D eigenvalue weighted by Gasteiger charge is -2.33. The van der Waals surface area contributed by atoms with Crippen molar-refractivity contribution in [2.45, 2.75) is 41.5 Å². The molecule has 4 N–H and O–H groups in total. The number of hydrogen-bond acceptors (Lipinski definition) is 3. The van der Waals surface area contributed by atoms with Crippen LogP contribution in [0, 0.1) is 0 Å². The number of para-hydroxylation sites is 1. The van der Waals surface area contributed by atoms with E-state index in [-0.39, 0.29) is 5.25 Å². The lowest BCUT2D eigenvalue weighted by atomic mass is 9.82. The maximum atomic E-state index is 11.3. The maximum absolute atomic E-state index is 11.3. The Hall–Kier alpha value is -1.46. The Labute approximate surface area is 121 Å². The van der Waals surface area contributed by atoms with Gasteiger partial charge in [0.2, 0.25) is 0 Å². The SMILES string of the molecule is NC1(C(=O)O)CCCC(Sc2cc3ccccc3[nH]2)C1. The third kappa shape index (κ3) is 2.55. The molecule has 1 saturated carbocycles. The van der Waals surface area contributed by atoms with Crippen LogP contribution in [0.1, 0.15) is 25.7 Å². The molecule has 5 heteroatoms. The fraction of sp³-hybridized carbons (Fsp3) is 0.400. The molecule has 2 unspecified atom stereocenters. The normalized spacial score (nSPS) is 26.8. The molecule has 3 rings (SSSR count). The number of aromatic amines is 1. The molecule has 1 aliphatic rings. The van der Waals surface area contributed by atoms with Crippen molar-refractivity contribution < 1.29 is 9.90 Å². The second-order valence-corrected chi connectivity index (χ2v) is 6.86. The molecule has 1 heterocycles. The summed E-state index contributed by atoms with van der Waals surface area (Å²) in [6.07, 6.45) is 3.00. The Morgan fingerprint density at radius 2 is 2.25 bits per heavy atom. The summed E-state index contributed by atoms with van der Waals surface area (Å²) in [4.78, 5) is 14.6. The quantitative estimate of drug-likeness (QED) is 0.812. The topological polar surface area (TPSA) is 79.1 Å². The first kappa shape index (κ1) is 13.5. The molecule has 0 saturated heterocycles. The van der Waals surface area contributed by atoms with Gasteiger partial charge < -0.3 is 15.8 Å². The standard InChI is InChI=1S/C15H18N2O2S/c16-15(14(18)19)7-3-5-11(9-15)20-13-8-10-4-1-2-6-12(10)17-13/h1-2,4,6,8,11,17H,3,5,7,9,16H2,(H,18,19). The minimum absolute atomic E-state index is 0.262. The number of H-pyrrole nitrogens is 1. The number of benzene rings is 1. The van der Waals surface area contributed by atoms with Crippen molar-refractivity contribution in [1.29, 1.82) is 0 Å². The number of rotatable bonds is 3. The van der Waals surface area contributed by atoms with Crippen LogP contribution in [-0.4, -0.2) is 26.8 Å². The third-order valence-electron chi connectivity index (χ3n) is 3.97. The molecule has 0 spiro atoms. The van der Waals surface area contributed by atoms with Crippen LogP contribution in [-0.2, 0) is 4.79 Å². The van der Waals surface area contributed by atoms with E-state index in [9.17, 15) is 9.90 Å². The number of carboxylic acid groups (broad SMARTS) is 1. The highest BCUT2D eigenvalue weighted by Crippen LogP contribution is 2.37. The zero-order chi connectivity index (χ0) is 14.2. The molecule has 0 aliphatic heterocycles. The number of hydrogen-bond donors (Lipinski definition) is 3. The summed E-state index contributed by atoms with van der Waals surface area (Å²) in [5, 5.41) is 11.8. The summed E-state index contributed by atoms with van der Waals surface area (Å²) < 4.78 is 0. The number of nitrogens with two attached hydrogens (primary N) is 1. The molecule has 20 heavy (non-hydrogen) atoms.